The van der Waals surface area contributed by atoms with Crippen LogP contribution in [0.4, 0.5) is 0 Å². The van der Waals surface area contributed by atoms with Gasteiger partial charge < -0.3 is 0 Å². The van der Waals surface area contributed by atoms with Crippen LogP contribution < -0.4 is 5.14 Å². The fourth-order valence-corrected chi connectivity index (χ4v) is 7.91. The second-order valence-corrected chi connectivity index (χ2v) is 18.7. The van der Waals surface area contributed by atoms with Crippen LogP contribution in [-0.4, -0.2) is 13.2 Å². The number of hydrogen-bond acceptors (Lipinski definition) is 5. The summed E-state index contributed by atoms with van der Waals surface area (Å²) in [5.41, 5.74) is -2.35. The van der Waals surface area contributed by atoms with Crippen molar-refractivity contribution in [2.75, 3.05) is 13.2 Å². The lowest BCUT2D eigenvalue weighted by molar-refractivity contribution is 0.249. The van der Waals surface area contributed by atoms with Crippen LogP contribution in [0.1, 0.15) is 219 Å². The zero-order valence-electron chi connectivity index (χ0n) is 28.7. The molecule has 0 heterocycles. The average Bonchev–Trinajstić information content (AvgIpc) is 3.00. The van der Waals surface area contributed by atoms with Crippen molar-refractivity contribution in [3.63, 3.8) is 0 Å². The maximum Gasteiger partial charge on any atom is 0.478 e. The van der Waals surface area contributed by atoms with Crippen LogP contribution in [0.2, 0.25) is 0 Å². The third-order valence-corrected chi connectivity index (χ3v) is 12.7. The van der Waals surface area contributed by atoms with Crippen LogP contribution in [0.3, 0.4) is 0 Å². The van der Waals surface area contributed by atoms with Crippen molar-refractivity contribution in [1.82, 2.24) is 0 Å². The Labute approximate surface area is 274 Å². The molecule has 253 valence electrons. The molecule has 0 amide bonds. The lowest BCUT2D eigenvalue weighted by atomic mass is 10.0. The smallest absolute Gasteiger partial charge is 0.278 e. The van der Waals surface area contributed by atoms with E-state index in [-0.39, 0.29) is 0 Å². The molecule has 0 atom stereocenters. The third-order valence-electron chi connectivity index (χ3n) is 8.62. The van der Waals surface area contributed by atoms with Gasteiger partial charge in [0, 0.05) is 18.2 Å². The fourth-order valence-electron chi connectivity index (χ4n) is 5.75. The molecule has 0 saturated heterocycles. The Kier molecular flexibility index (Phi) is 37.1. The second kappa shape index (κ2) is 36.3. The van der Waals surface area contributed by atoms with E-state index in [0.717, 1.165) is 24.4 Å². The van der Waals surface area contributed by atoms with Gasteiger partial charge in [-0.3, -0.25) is 9.66 Å². The molecule has 1 radical (unpaired) electrons. The Bertz CT molecular complexity index is 510. The van der Waals surface area contributed by atoms with Crippen LogP contribution in [0.15, 0.2) is 0 Å². The monoisotopic (exact) mass is 650 g/mol. The highest BCUT2D eigenvalue weighted by atomic mass is 32.9. The van der Waals surface area contributed by atoms with Gasteiger partial charge in [-0.15, -0.1) is 0 Å². The molecule has 0 unspecified atom stereocenters. The van der Waals surface area contributed by atoms with Gasteiger partial charge in [-0.05, 0) is 12.8 Å². The van der Waals surface area contributed by atoms with Crippen LogP contribution in [0, 0.1) is 0 Å². The fraction of sp³-hybridized carbons (Fsp3) is 1.00. The predicted octanol–water partition coefficient (Wildman–Crippen LogP) is 14.4. The minimum atomic E-state index is -2.35. The quantitative estimate of drug-likeness (QED) is 0.0314. The SMILES string of the molecule is CCCCCCCCCCCCCCCCCCOP(=S)([O+]CCCCCCCCCCCCCCCCCC)SN. The van der Waals surface area contributed by atoms with E-state index in [1.54, 1.807) is 0 Å². The van der Waals surface area contributed by atoms with Gasteiger partial charge in [0.25, 0.3) is 0 Å². The first kappa shape index (κ1) is 42.9. The van der Waals surface area contributed by atoms with Crippen LogP contribution in [0.25, 0.3) is 0 Å². The summed E-state index contributed by atoms with van der Waals surface area (Å²) < 4.78 is 11.9. The number of hydrogen-bond donors (Lipinski definition) is 1. The minimum Gasteiger partial charge on any atom is -0.278 e. The van der Waals surface area contributed by atoms with Gasteiger partial charge in [0.05, 0.1) is 18.2 Å². The molecule has 0 saturated carbocycles. The Morgan fingerprint density at radius 2 is 0.714 bits per heavy atom. The molecule has 0 aliphatic rings. The third kappa shape index (κ3) is 33.8. The van der Waals surface area contributed by atoms with Gasteiger partial charge in [-0.1, -0.05) is 205 Å². The molecule has 0 bridgehead atoms. The van der Waals surface area contributed by atoms with E-state index in [4.69, 9.17) is 26.0 Å². The summed E-state index contributed by atoms with van der Waals surface area (Å²) in [6.45, 7) is 5.97. The van der Waals surface area contributed by atoms with Gasteiger partial charge in [-0.25, -0.2) is 0 Å². The van der Waals surface area contributed by atoms with Crippen molar-refractivity contribution in [3.8, 4) is 0 Å². The highest BCUT2D eigenvalue weighted by Crippen LogP contribution is 2.58. The molecule has 0 aliphatic heterocycles. The molecule has 0 aromatic heterocycles. The minimum absolute atomic E-state index is 0.693. The van der Waals surface area contributed by atoms with E-state index in [2.05, 4.69) is 13.8 Å². The zero-order chi connectivity index (χ0) is 30.7. The summed E-state index contributed by atoms with van der Waals surface area (Å²) in [5, 5.41) is 5.86. The Morgan fingerprint density at radius 1 is 0.452 bits per heavy atom. The number of rotatable bonds is 37. The van der Waals surface area contributed by atoms with Gasteiger partial charge in [0.2, 0.25) is 6.61 Å². The van der Waals surface area contributed by atoms with E-state index in [1.165, 1.54) is 193 Å². The van der Waals surface area contributed by atoms with Crippen molar-refractivity contribution in [3.05, 3.63) is 0 Å². The highest BCUT2D eigenvalue weighted by molar-refractivity contribution is 8.67. The highest BCUT2D eigenvalue weighted by Gasteiger charge is 2.32. The molecule has 2 N–H and O–H groups in total. The van der Waals surface area contributed by atoms with E-state index in [1.807, 2.05) is 0 Å². The molecule has 0 fully saturated rings. The summed E-state index contributed by atoms with van der Waals surface area (Å²) in [6.07, 6.45) is 44.1. The van der Waals surface area contributed by atoms with Gasteiger partial charge in [0.1, 0.15) is 0 Å². The Morgan fingerprint density at radius 3 is 1.00 bits per heavy atom. The zero-order valence-corrected chi connectivity index (χ0v) is 31.2. The number of unbranched alkanes of at least 4 members (excludes halogenated alkanes) is 30. The van der Waals surface area contributed by atoms with E-state index in [0.29, 0.717) is 13.2 Å². The summed E-state index contributed by atoms with van der Waals surface area (Å²) in [7, 11) is 0. The normalized spacial score (nSPS) is 13.1. The van der Waals surface area contributed by atoms with E-state index in [9.17, 15) is 0 Å². The molecule has 0 rings (SSSR count). The predicted molar refractivity (Wildman–Crippen MR) is 197 cm³/mol. The van der Waals surface area contributed by atoms with Crippen molar-refractivity contribution in [1.29, 1.82) is 0 Å². The number of nitrogens with two attached hydrogens (primary N) is 1. The molecular weight excluding hydrogens is 574 g/mol. The van der Waals surface area contributed by atoms with Crippen LogP contribution in [-0.2, 0) is 20.9 Å². The van der Waals surface area contributed by atoms with Crippen molar-refractivity contribution < 1.29 is 9.05 Å². The van der Waals surface area contributed by atoms with E-state index < -0.39 is 5.69 Å². The maximum atomic E-state index is 5.97. The average molecular weight is 650 g/mol. The molecule has 6 heteroatoms. The lowest BCUT2D eigenvalue weighted by Gasteiger charge is -2.08. The van der Waals surface area contributed by atoms with Gasteiger partial charge in [0.15, 0.2) is 0 Å². The molecule has 0 spiro atoms. The van der Waals surface area contributed by atoms with Crippen molar-refractivity contribution in [2.45, 2.75) is 219 Å². The maximum absolute atomic E-state index is 5.97. The van der Waals surface area contributed by atoms with Crippen molar-refractivity contribution in [2.24, 2.45) is 5.14 Å². The van der Waals surface area contributed by atoms with Gasteiger partial charge in [-0.2, -0.15) is 0 Å². The topological polar surface area (TPSA) is 46.5 Å². The summed E-state index contributed by atoms with van der Waals surface area (Å²) >= 11 is 6.76. The first-order valence-corrected chi connectivity index (χ1v) is 23.1. The van der Waals surface area contributed by atoms with E-state index >= 15 is 0 Å². The lowest BCUT2D eigenvalue weighted by Crippen LogP contribution is -1.99. The first-order valence-electron chi connectivity index (χ1n) is 19.0. The molecule has 42 heavy (non-hydrogen) atoms. The van der Waals surface area contributed by atoms with Gasteiger partial charge >= 0.3 is 5.69 Å². The molecule has 0 aromatic rings. The van der Waals surface area contributed by atoms with Crippen molar-refractivity contribution >= 4 is 29.1 Å². The largest absolute Gasteiger partial charge is 0.478 e. The standard InChI is InChI=1S/C36H76NO2PS2/c1-3-5-7-9-11-13-15-17-19-21-23-25-27-29-31-33-35-38-40(41,42-37)39-36-34-32-30-28-26-24-22-20-18-16-14-12-10-8-6-4-2/h3-37H2,1-2H3/q+1. The molecule has 0 aromatic carbocycles. The Balaban J connectivity index is 3.38. The molecular formula is C36H76NO2PS2+. The second-order valence-electron chi connectivity index (χ2n) is 12.8. The summed E-state index contributed by atoms with van der Waals surface area (Å²) in [4.78, 5) is 0. The summed E-state index contributed by atoms with van der Waals surface area (Å²) in [6, 6.07) is 0. The molecule has 3 nitrogen and oxygen atoms in total. The Hall–Kier alpha value is 0.880. The van der Waals surface area contributed by atoms with Crippen LogP contribution in [0.5, 0.6) is 0 Å². The molecule has 0 aliphatic carbocycles. The van der Waals surface area contributed by atoms with Crippen LogP contribution >= 0.6 is 17.3 Å². The summed E-state index contributed by atoms with van der Waals surface area (Å²) in [5.74, 6) is 0. The first-order chi connectivity index (χ1) is 20.7.